The number of hydrogen-bond acceptors (Lipinski definition) is 4. The van der Waals surface area contributed by atoms with E-state index in [1.807, 2.05) is 4.98 Å². The van der Waals surface area contributed by atoms with E-state index in [1.54, 1.807) is 6.92 Å². The maximum Gasteiger partial charge on any atom is 0.330 e. The van der Waals surface area contributed by atoms with Gasteiger partial charge >= 0.3 is 5.69 Å². The molecular weight excluding hydrogens is 231 g/mol. The summed E-state index contributed by atoms with van der Waals surface area (Å²) < 4.78 is 19.5. The van der Waals surface area contributed by atoms with Crippen LogP contribution in [0.15, 0.2) is 15.8 Å². The monoisotopic (exact) mass is 244 g/mol. The molecule has 0 aliphatic carbocycles. The highest BCUT2D eigenvalue weighted by atomic mass is 19.1. The van der Waals surface area contributed by atoms with E-state index in [9.17, 15) is 19.1 Å². The summed E-state index contributed by atoms with van der Waals surface area (Å²) in [5.41, 5.74) is -1.76. The zero-order valence-corrected chi connectivity index (χ0v) is 9.22. The predicted molar refractivity (Wildman–Crippen MR) is 56.1 cm³/mol. The summed E-state index contributed by atoms with van der Waals surface area (Å²) in [5.74, 6) is -1.04. The van der Waals surface area contributed by atoms with Crippen LogP contribution in [0.25, 0.3) is 0 Å². The maximum absolute atomic E-state index is 13.1. The van der Waals surface area contributed by atoms with Gasteiger partial charge in [0.25, 0.3) is 5.56 Å². The van der Waals surface area contributed by atoms with Gasteiger partial charge in [0.2, 0.25) is 5.82 Å². The van der Waals surface area contributed by atoms with E-state index in [0.29, 0.717) is 12.8 Å². The molecule has 2 heterocycles. The average molecular weight is 244 g/mol. The normalized spacial score (nSPS) is 29.2. The SMILES string of the molecule is C[C@@H]1O[C@@H](n2cc(F)c(=O)[nH]c2=O)CC[C@H]1O. The number of H-pyrrole nitrogens is 1. The highest BCUT2D eigenvalue weighted by Gasteiger charge is 2.28. The minimum Gasteiger partial charge on any atom is -0.390 e. The standard InChI is InChI=1S/C10H13FN2O4/c1-5-7(14)2-3-8(17-5)13-4-6(11)9(15)12-10(13)16/h4-5,7-8,14H,2-3H2,1H3,(H,12,15,16)/t5-,7+,8+/m0/s1. The summed E-state index contributed by atoms with van der Waals surface area (Å²) >= 11 is 0. The van der Waals surface area contributed by atoms with E-state index in [1.165, 1.54) is 0 Å². The number of nitrogens with zero attached hydrogens (tertiary/aromatic N) is 1. The molecule has 2 N–H and O–H groups in total. The smallest absolute Gasteiger partial charge is 0.330 e. The Kier molecular flexibility index (Phi) is 3.12. The van der Waals surface area contributed by atoms with Gasteiger partial charge in [-0.25, -0.2) is 4.79 Å². The molecule has 1 fully saturated rings. The lowest BCUT2D eigenvalue weighted by Crippen LogP contribution is -2.40. The third kappa shape index (κ3) is 2.29. The van der Waals surface area contributed by atoms with Gasteiger partial charge in [0.1, 0.15) is 6.23 Å². The first kappa shape index (κ1) is 12.0. The lowest BCUT2D eigenvalue weighted by atomic mass is 10.1. The molecule has 0 unspecified atom stereocenters. The second-order valence-corrected chi connectivity index (χ2v) is 4.08. The molecule has 17 heavy (non-hydrogen) atoms. The zero-order chi connectivity index (χ0) is 12.6. The second-order valence-electron chi connectivity index (χ2n) is 4.08. The van der Waals surface area contributed by atoms with Crippen molar-refractivity contribution in [3.8, 4) is 0 Å². The van der Waals surface area contributed by atoms with Crippen LogP contribution in [-0.4, -0.2) is 26.9 Å². The first-order chi connectivity index (χ1) is 7.99. The van der Waals surface area contributed by atoms with E-state index >= 15 is 0 Å². The number of halogens is 1. The lowest BCUT2D eigenvalue weighted by Gasteiger charge is -2.32. The van der Waals surface area contributed by atoms with Crippen molar-refractivity contribution in [1.29, 1.82) is 0 Å². The summed E-state index contributed by atoms with van der Waals surface area (Å²) in [4.78, 5) is 24.2. The predicted octanol–water partition coefficient (Wildman–Crippen LogP) is -0.266. The largest absolute Gasteiger partial charge is 0.390 e. The maximum atomic E-state index is 13.1. The number of aliphatic hydroxyl groups excluding tert-OH is 1. The Morgan fingerprint density at radius 3 is 2.88 bits per heavy atom. The number of rotatable bonds is 1. The highest BCUT2D eigenvalue weighted by molar-refractivity contribution is 4.89. The quantitative estimate of drug-likeness (QED) is 0.712. The molecular formula is C10H13FN2O4. The van der Waals surface area contributed by atoms with Crippen LogP contribution in [0.5, 0.6) is 0 Å². The molecule has 6 nitrogen and oxygen atoms in total. The molecule has 1 saturated heterocycles. The molecule has 0 saturated carbocycles. The molecule has 7 heteroatoms. The molecule has 0 bridgehead atoms. The van der Waals surface area contributed by atoms with Gasteiger partial charge in [-0.05, 0) is 19.8 Å². The summed E-state index contributed by atoms with van der Waals surface area (Å²) in [5, 5.41) is 9.47. The molecule has 1 aliphatic heterocycles. The van der Waals surface area contributed by atoms with Crippen molar-refractivity contribution in [2.75, 3.05) is 0 Å². The van der Waals surface area contributed by atoms with Crippen LogP contribution in [0.3, 0.4) is 0 Å². The van der Waals surface area contributed by atoms with E-state index < -0.39 is 35.5 Å². The number of aliphatic hydroxyl groups is 1. The Bertz CT molecular complexity index is 524. The van der Waals surface area contributed by atoms with Gasteiger partial charge in [0, 0.05) is 0 Å². The highest BCUT2D eigenvalue weighted by Crippen LogP contribution is 2.25. The number of aromatic amines is 1. The van der Waals surface area contributed by atoms with Crippen LogP contribution in [0.2, 0.25) is 0 Å². The van der Waals surface area contributed by atoms with Gasteiger partial charge < -0.3 is 9.84 Å². The molecule has 0 aromatic carbocycles. The third-order valence-electron chi connectivity index (χ3n) is 2.86. The summed E-state index contributed by atoms with van der Waals surface area (Å²) in [7, 11) is 0. The van der Waals surface area contributed by atoms with Crippen molar-refractivity contribution in [3.05, 3.63) is 32.9 Å². The molecule has 0 radical (unpaired) electrons. The Morgan fingerprint density at radius 1 is 1.53 bits per heavy atom. The van der Waals surface area contributed by atoms with Crippen LogP contribution >= 0.6 is 0 Å². The van der Waals surface area contributed by atoms with Gasteiger partial charge in [-0.1, -0.05) is 0 Å². The Balaban J connectivity index is 2.32. The zero-order valence-electron chi connectivity index (χ0n) is 9.22. The summed E-state index contributed by atoms with van der Waals surface area (Å²) in [6.45, 7) is 1.67. The van der Waals surface area contributed by atoms with E-state index in [0.717, 1.165) is 10.8 Å². The minimum atomic E-state index is -1.05. The van der Waals surface area contributed by atoms with Crippen LogP contribution in [0, 0.1) is 5.82 Å². The third-order valence-corrected chi connectivity index (χ3v) is 2.86. The van der Waals surface area contributed by atoms with Crippen LogP contribution < -0.4 is 11.2 Å². The Morgan fingerprint density at radius 2 is 2.24 bits per heavy atom. The van der Waals surface area contributed by atoms with E-state index in [4.69, 9.17) is 4.74 Å². The molecule has 1 aromatic rings. The fourth-order valence-corrected chi connectivity index (χ4v) is 1.83. The van der Waals surface area contributed by atoms with Gasteiger partial charge in [0.15, 0.2) is 0 Å². The Hall–Kier alpha value is -1.47. The fourth-order valence-electron chi connectivity index (χ4n) is 1.83. The average Bonchev–Trinajstić information content (AvgIpc) is 2.27. The molecule has 1 aliphatic rings. The van der Waals surface area contributed by atoms with Crippen LogP contribution in [0.4, 0.5) is 4.39 Å². The van der Waals surface area contributed by atoms with Gasteiger partial charge in [-0.3, -0.25) is 14.3 Å². The van der Waals surface area contributed by atoms with Gasteiger partial charge in [0.05, 0.1) is 18.4 Å². The first-order valence-corrected chi connectivity index (χ1v) is 5.33. The number of hydrogen-bond donors (Lipinski definition) is 2. The van der Waals surface area contributed by atoms with Crippen molar-refractivity contribution in [2.24, 2.45) is 0 Å². The Labute approximate surface area is 95.7 Å². The van der Waals surface area contributed by atoms with Crippen LogP contribution in [-0.2, 0) is 4.74 Å². The summed E-state index contributed by atoms with van der Waals surface area (Å²) in [6, 6.07) is 0. The van der Waals surface area contributed by atoms with Gasteiger partial charge in [-0.2, -0.15) is 4.39 Å². The number of aromatic nitrogens is 2. The van der Waals surface area contributed by atoms with E-state index in [-0.39, 0.29) is 0 Å². The minimum absolute atomic E-state index is 0.386. The van der Waals surface area contributed by atoms with Crippen molar-refractivity contribution in [1.82, 2.24) is 9.55 Å². The molecule has 0 amide bonds. The molecule has 0 spiro atoms. The summed E-state index contributed by atoms with van der Waals surface area (Å²) in [6.07, 6.45) is -0.0101. The topological polar surface area (TPSA) is 84.3 Å². The second kappa shape index (κ2) is 4.42. The van der Waals surface area contributed by atoms with Crippen molar-refractivity contribution in [3.63, 3.8) is 0 Å². The van der Waals surface area contributed by atoms with Crippen LogP contribution in [0.1, 0.15) is 26.0 Å². The van der Waals surface area contributed by atoms with Crippen molar-refractivity contribution >= 4 is 0 Å². The molecule has 1 aromatic heterocycles. The fraction of sp³-hybridized carbons (Fsp3) is 0.600. The van der Waals surface area contributed by atoms with E-state index in [2.05, 4.69) is 0 Å². The first-order valence-electron chi connectivity index (χ1n) is 5.33. The molecule has 3 atom stereocenters. The molecule has 2 rings (SSSR count). The van der Waals surface area contributed by atoms with Gasteiger partial charge in [-0.15, -0.1) is 0 Å². The van der Waals surface area contributed by atoms with Crippen molar-refractivity contribution in [2.45, 2.75) is 38.2 Å². The number of nitrogens with one attached hydrogen (secondary N) is 1. The number of ether oxygens (including phenoxy) is 1. The lowest BCUT2D eigenvalue weighted by molar-refractivity contribution is -0.139. The van der Waals surface area contributed by atoms with Crippen molar-refractivity contribution < 1.29 is 14.2 Å². The molecule has 94 valence electrons.